The van der Waals surface area contributed by atoms with Crippen molar-refractivity contribution in [3.8, 4) is 0 Å². The van der Waals surface area contributed by atoms with Crippen LogP contribution in [0.5, 0.6) is 0 Å². The lowest BCUT2D eigenvalue weighted by Crippen LogP contribution is -2.48. The van der Waals surface area contributed by atoms with Crippen LogP contribution in [0.4, 0.5) is 0 Å². The zero-order valence-corrected chi connectivity index (χ0v) is 13.7. The fraction of sp³-hybridized carbons (Fsp3) is 0.929. The molecule has 0 saturated carbocycles. The topological polar surface area (TPSA) is 66.5 Å². The Morgan fingerprint density at radius 2 is 1.95 bits per heavy atom. The maximum Gasteiger partial charge on any atom is 0.224 e. The molecule has 1 rings (SSSR count). The first-order valence-electron chi connectivity index (χ1n) is 7.63. The van der Waals surface area contributed by atoms with Crippen molar-refractivity contribution in [2.45, 2.75) is 46.1 Å². The van der Waals surface area contributed by atoms with Crippen molar-refractivity contribution in [2.24, 2.45) is 5.92 Å². The molecule has 1 aliphatic heterocycles. The van der Waals surface area contributed by atoms with Gasteiger partial charge in [0.25, 0.3) is 0 Å². The largest absolute Gasteiger partial charge is 0.343 e. The van der Waals surface area contributed by atoms with E-state index < -0.39 is 9.84 Å². The molecule has 0 aromatic rings. The smallest absolute Gasteiger partial charge is 0.224 e. The maximum atomic E-state index is 12.3. The van der Waals surface area contributed by atoms with Gasteiger partial charge < -0.3 is 10.2 Å². The predicted octanol–water partition coefficient (Wildman–Crippen LogP) is 1.05. The van der Waals surface area contributed by atoms with Gasteiger partial charge in [-0.3, -0.25) is 4.79 Å². The number of hydrogen-bond acceptors (Lipinski definition) is 4. The highest BCUT2D eigenvalue weighted by molar-refractivity contribution is 7.91. The molecule has 20 heavy (non-hydrogen) atoms. The Morgan fingerprint density at radius 3 is 2.45 bits per heavy atom. The molecule has 6 heteroatoms. The summed E-state index contributed by atoms with van der Waals surface area (Å²) in [5, 5.41) is 3.14. The van der Waals surface area contributed by atoms with Crippen molar-refractivity contribution in [3.63, 3.8) is 0 Å². The van der Waals surface area contributed by atoms with E-state index in [1.807, 2.05) is 11.8 Å². The van der Waals surface area contributed by atoms with E-state index in [9.17, 15) is 13.2 Å². The number of hydrogen-bond donors (Lipinski definition) is 1. The molecule has 1 saturated heterocycles. The summed E-state index contributed by atoms with van der Waals surface area (Å²) in [5.74, 6) is 0.862. The molecule has 1 N–H and O–H groups in total. The SMILES string of the molecule is CCC(CC)CN(CC)C(=O)CC1CS(=O)(=O)CCN1. The minimum Gasteiger partial charge on any atom is -0.343 e. The average molecular weight is 304 g/mol. The summed E-state index contributed by atoms with van der Waals surface area (Å²) in [6, 6.07) is -0.225. The average Bonchev–Trinajstić information content (AvgIpc) is 2.39. The summed E-state index contributed by atoms with van der Waals surface area (Å²) in [5.41, 5.74) is 0. The second kappa shape index (κ2) is 7.98. The van der Waals surface area contributed by atoms with Crippen LogP contribution in [-0.2, 0) is 14.6 Å². The van der Waals surface area contributed by atoms with Gasteiger partial charge in [0.15, 0.2) is 9.84 Å². The Balaban J connectivity index is 2.54. The minimum atomic E-state index is -2.98. The van der Waals surface area contributed by atoms with E-state index in [1.165, 1.54) is 0 Å². The molecule has 0 bridgehead atoms. The first-order chi connectivity index (χ1) is 9.41. The number of carbonyl (C=O) groups excluding carboxylic acids is 1. The zero-order chi connectivity index (χ0) is 15.2. The molecule has 1 unspecified atom stereocenters. The fourth-order valence-electron chi connectivity index (χ4n) is 2.60. The van der Waals surface area contributed by atoms with Crippen molar-refractivity contribution < 1.29 is 13.2 Å². The normalized spacial score (nSPS) is 21.9. The molecular weight excluding hydrogens is 276 g/mol. The van der Waals surface area contributed by atoms with Gasteiger partial charge >= 0.3 is 0 Å². The van der Waals surface area contributed by atoms with Crippen LogP contribution in [-0.4, -0.2) is 56.4 Å². The lowest BCUT2D eigenvalue weighted by Gasteiger charge is -2.29. The van der Waals surface area contributed by atoms with Crippen LogP contribution in [0.3, 0.4) is 0 Å². The number of rotatable bonds is 7. The van der Waals surface area contributed by atoms with E-state index in [4.69, 9.17) is 0 Å². The third kappa shape index (κ3) is 5.40. The molecule has 0 aromatic heterocycles. The highest BCUT2D eigenvalue weighted by Gasteiger charge is 2.27. The monoisotopic (exact) mass is 304 g/mol. The van der Waals surface area contributed by atoms with Crippen LogP contribution in [0, 0.1) is 5.92 Å². The molecule has 0 radical (unpaired) electrons. The summed E-state index contributed by atoms with van der Waals surface area (Å²) in [6.07, 6.45) is 2.42. The van der Waals surface area contributed by atoms with Crippen LogP contribution in [0.25, 0.3) is 0 Å². The van der Waals surface area contributed by atoms with Gasteiger partial charge in [0.1, 0.15) is 0 Å². The Kier molecular flexibility index (Phi) is 6.95. The maximum absolute atomic E-state index is 12.3. The molecule has 5 nitrogen and oxygen atoms in total. The number of amides is 1. The summed E-state index contributed by atoms with van der Waals surface area (Å²) < 4.78 is 23.2. The molecular formula is C14H28N2O3S. The van der Waals surface area contributed by atoms with Crippen molar-refractivity contribution in [3.05, 3.63) is 0 Å². The van der Waals surface area contributed by atoms with E-state index in [0.717, 1.165) is 19.4 Å². The van der Waals surface area contributed by atoms with Crippen LogP contribution < -0.4 is 5.32 Å². The molecule has 0 aromatic carbocycles. The first kappa shape index (κ1) is 17.4. The molecule has 0 aliphatic carbocycles. The van der Waals surface area contributed by atoms with Gasteiger partial charge in [0, 0.05) is 32.1 Å². The quantitative estimate of drug-likeness (QED) is 0.763. The summed E-state index contributed by atoms with van der Waals surface area (Å²) >= 11 is 0. The standard InChI is InChI=1S/C14H28N2O3S/c1-4-12(5-2)10-16(6-3)14(17)9-13-11-20(18,19)8-7-15-13/h12-13,15H,4-11H2,1-3H3. The Morgan fingerprint density at radius 1 is 1.30 bits per heavy atom. The van der Waals surface area contributed by atoms with Crippen LogP contribution >= 0.6 is 0 Å². The number of nitrogens with zero attached hydrogens (tertiary/aromatic N) is 1. The van der Waals surface area contributed by atoms with Crippen LogP contribution in [0.2, 0.25) is 0 Å². The first-order valence-corrected chi connectivity index (χ1v) is 9.45. The fourth-order valence-corrected chi connectivity index (χ4v) is 4.05. The summed E-state index contributed by atoms with van der Waals surface area (Å²) in [4.78, 5) is 14.2. The van der Waals surface area contributed by atoms with Gasteiger partial charge in [-0.05, 0) is 12.8 Å². The van der Waals surface area contributed by atoms with Crippen LogP contribution in [0.1, 0.15) is 40.0 Å². The third-order valence-electron chi connectivity index (χ3n) is 4.09. The van der Waals surface area contributed by atoms with Crippen molar-refractivity contribution in [1.82, 2.24) is 10.2 Å². The van der Waals surface area contributed by atoms with E-state index >= 15 is 0 Å². The Bertz CT molecular complexity index is 405. The van der Waals surface area contributed by atoms with Crippen molar-refractivity contribution >= 4 is 15.7 Å². The number of nitrogens with one attached hydrogen (secondary N) is 1. The molecule has 1 aliphatic rings. The second-order valence-electron chi connectivity index (χ2n) is 5.58. The lowest BCUT2D eigenvalue weighted by atomic mass is 10.0. The molecule has 1 atom stereocenters. The molecule has 1 amide bonds. The van der Waals surface area contributed by atoms with Gasteiger partial charge in [-0.2, -0.15) is 0 Å². The van der Waals surface area contributed by atoms with Crippen molar-refractivity contribution in [1.29, 1.82) is 0 Å². The van der Waals surface area contributed by atoms with E-state index in [0.29, 0.717) is 19.0 Å². The molecule has 0 spiro atoms. The zero-order valence-electron chi connectivity index (χ0n) is 12.9. The van der Waals surface area contributed by atoms with Gasteiger partial charge in [0.2, 0.25) is 5.91 Å². The summed E-state index contributed by atoms with van der Waals surface area (Å²) in [7, 11) is -2.98. The predicted molar refractivity (Wildman–Crippen MR) is 81.4 cm³/mol. The van der Waals surface area contributed by atoms with Gasteiger partial charge in [-0.15, -0.1) is 0 Å². The minimum absolute atomic E-state index is 0.0639. The van der Waals surface area contributed by atoms with Crippen LogP contribution in [0.15, 0.2) is 0 Å². The van der Waals surface area contributed by atoms with Crippen molar-refractivity contribution in [2.75, 3.05) is 31.1 Å². The lowest BCUT2D eigenvalue weighted by molar-refractivity contribution is -0.132. The van der Waals surface area contributed by atoms with E-state index in [2.05, 4.69) is 19.2 Å². The third-order valence-corrected chi connectivity index (χ3v) is 5.83. The van der Waals surface area contributed by atoms with E-state index in [1.54, 1.807) is 0 Å². The molecule has 1 heterocycles. The Labute approximate surface area is 123 Å². The summed E-state index contributed by atoms with van der Waals surface area (Å²) in [6.45, 7) is 8.18. The molecule has 1 fully saturated rings. The van der Waals surface area contributed by atoms with Gasteiger partial charge in [0.05, 0.1) is 11.5 Å². The highest BCUT2D eigenvalue weighted by Crippen LogP contribution is 2.12. The second-order valence-corrected chi connectivity index (χ2v) is 7.81. The Hall–Kier alpha value is -0.620. The number of carbonyl (C=O) groups is 1. The number of sulfone groups is 1. The van der Waals surface area contributed by atoms with Gasteiger partial charge in [-0.1, -0.05) is 26.7 Å². The van der Waals surface area contributed by atoms with Gasteiger partial charge in [-0.25, -0.2) is 8.42 Å². The van der Waals surface area contributed by atoms with E-state index in [-0.39, 0.29) is 29.9 Å². The highest BCUT2D eigenvalue weighted by atomic mass is 32.2. The molecule has 118 valence electrons.